The zero-order chi connectivity index (χ0) is 18.7. The van der Waals surface area contributed by atoms with Crippen LogP contribution in [0.25, 0.3) is 0 Å². The van der Waals surface area contributed by atoms with Crippen molar-refractivity contribution in [3.63, 3.8) is 0 Å². The summed E-state index contributed by atoms with van der Waals surface area (Å²) in [6.07, 6.45) is 5.23. The Labute approximate surface area is 184 Å². The number of aryl methyl sites for hydroxylation is 1. The highest BCUT2D eigenvalue weighted by Gasteiger charge is 2.28. The van der Waals surface area contributed by atoms with E-state index in [4.69, 9.17) is 11.6 Å². The molecule has 27 heavy (non-hydrogen) atoms. The van der Waals surface area contributed by atoms with Crippen molar-refractivity contribution in [1.29, 1.82) is 0 Å². The topological polar surface area (TPSA) is 45.5 Å². The number of benzene rings is 1. The Balaban J connectivity index is 0.00000261. The van der Waals surface area contributed by atoms with Gasteiger partial charge in [-0.25, -0.2) is 0 Å². The van der Waals surface area contributed by atoms with Crippen molar-refractivity contribution < 1.29 is 0 Å². The molecule has 1 aromatic carbocycles. The largest absolute Gasteiger partial charge is 0.355 e. The number of hydrogen-bond donors (Lipinski definition) is 1. The van der Waals surface area contributed by atoms with Crippen molar-refractivity contribution >= 4 is 41.5 Å². The van der Waals surface area contributed by atoms with Crippen molar-refractivity contribution in [1.82, 2.24) is 20.0 Å². The molecule has 0 saturated carbocycles. The molecule has 1 aliphatic heterocycles. The minimum absolute atomic E-state index is 0. The first kappa shape index (κ1) is 22.0. The van der Waals surface area contributed by atoms with Gasteiger partial charge < -0.3 is 10.2 Å². The lowest BCUT2D eigenvalue weighted by Gasteiger charge is -2.29. The van der Waals surface area contributed by atoms with Gasteiger partial charge in [-0.2, -0.15) is 5.10 Å². The number of nitrogens with zero attached hydrogens (tertiary/aromatic N) is 4. The molecule has 3 rings (SSSR count). The summed E-state index contributed by atoms with van der Waals surface area (Å²) < 4.78 is 1.87. The van der Waals surface area contributed by atoms with E-state index >= 15 is 0 Å². The van der Waals surface area contributed by atoms with Crippen LogP contribution in [0.4, 0.5) is 0 Å². The summed E-state index contributed by atoms with van der Waals surface area (Å²) in [5, 5.41) is 8.64. The Morgan fingerprint density at radius 1 is 1.33 bits per heavy atom. The zero-order valence-electron chi connectivity index (χ0n) is 16.4. The van der Waals surface area contributed by atoms with Gasteiger partial charge in [-0.3, -0.25) is 9.67 Å². The molecule has 1 saturated heterocycles. The van der Waals surface area contributed by atoms with E-state index in [2.05, 4.69) is 52.5 Å². The van der Waals surface area contributed by atoms with Gasteiger partial charge in [-0.1, -0.05) is 37.6 Å². The normalized spacial score (nSPS) is 17.7. The Bertz CT molecular complexity index is 769. The fourth-order valence-corrected chi connectivity index (χ4v) is 3.64. The third-order valence-electron chi connectivity index (χ3n) is 5.21. The molecule has 0 amide bonds. The number of halogens is 2. The number of nitrogens with one attached hydrogen (secondary N) is 1. The first-order valence-corrected chi connectivity index (χ1v) is 9.47. The SMILES string of the molecule is CN=C(NCC(C)(C)c1ccc(Cl)cc1)N1CCC(c2cnn(C)c2)C1.I. The maximum absolute atomic E-state index is 6.02. The third-order valence-corrected chi connectivity index (χ3v) is 5.46. The van der Waals surface area contributed by atoms with Crippen LogP contribution in [-0.2, 0) is 12.5 Å². The maximum Gasteiger partial charge on any atom is 0.193 e. The maximum atomic E-state index is 6.02. The van der Waals surface area contributed by atoms with Crippen molar-refractivity contribution in [2.75, 3.05) is 26.7 Å². The summed E-state index contributed by atoms with van der Waals surface area (Å²) in [6.45, 7) is 7.28. The lowest BCUT2D eigenvalue weighted by molar-refractivity contribution is 0.454. The summed E-state index contributed by atoms with van der Waals surface area (Å²) in [5.74, 6) is 1.49. The second kappa shape index (κ2) is 9.28. The van der Waals surface area contributed by atoms with E-state index in [1.54, 1.807) is 0 Å². The molecule has 0 spiro atoms. The van der Waals surface area contributed by atoms with Crippen LogP contribution in [0.3, 0.4) is 0 Å². The molecule has 0 bridgehead atoms. The molecule has 1 atom stereocenters. The average molecular weight is 502 g/mol. The first-order chi connectivity index (χ1) is 12.4. The van der Waals surface area contributed by atoms with Crippen LogP contribution in [0.5, 0.6) is 0 Å². The van der Waals surface area contributed by atoms with E-state index in [9.17, 15) is 0 Å². The summed E-state index contributed by atoms with van der Waals surface area (Å²) >= 11 is 6.02. The van der Waals surface area contributed by atoms with Gasteiger partial charge in [-0.05, 0) is 29.7 Å². The van der Waals surface area contributed by atoms with Crippen LogP contribution >= 0.6 is 35.6 Å². The second-order valence-electron chi connectivity index (χ2n) is 7.67. The van der Waals surface area contributed by atoms with Crippen molar-refractivity contribution in [2.24, 2.45) is 12.0 Å². The number of aliphatic imine (C=N–C) groups is 1. The Morgan fingerprint density at radius 2 is 2.04 bits per heavy atom. The highest BCUT2D eigenvalue weighted by atomic mass is 127. The van der Waals surface area contributed by atoms with Crippen LogP contribution in [0.2, 0.25) is 5.02 Å². The molecule has 1 aromatic heterocycles. The highest BCUT2D eigenvalue weighted by molar-refractivity contribution is 14.0. The van der Waals surface area contributed by atoms with E-state index in [0.29, 0.717) is 5.92 Å². The van der Waals surface area contributed by atoms with Gasteiger partial charge in [0.25, 0.3) is 0 Å². The standard InChI is InChI=1S/C20H28ClN5.HI/c1-20(2,17-5-7-18(21)8-6-17)14-23-19(22-3)26-10-9-15(13-26)16-11-24-25(4)12-16;/h5-8,11-12,15H,9-10,13-14H2,1-4H3,(H,22,23);1H. The Kier molecular flexibility index (Phi) is 7.56. The minimum Gasteiger partial charge on any atom is -0.355 e. The molecular weight excluding hydrogens is 473 g/mol. The molecular formula is C20H29ClIN5. The summed E-state index contributed by atoms with van der Waals surface area (Å²) in [6, 6.07) is 8.10. The van der Waals surface area contributed by atoms with Crippen molar-refractivity contribution in [2.45, 2.75) is 31.6 Å². The van der Waals surface area contributed by atoms with Gasteiger partial charge in [0.05, 0.1) is 6.20 Å². The molecule has 1 unspecified atom stereocenters. The summed E-state index contributed by atoms with van der Waals surface area (Å²) in [5.41, 5.74) is 2.56. The lowest BCUT2D eigenvalue weighted by atomic mass is 9.85. The van der Waals surface area contributed by atoms with Gasteiger partial charge in [0.15, 0.2) is 5.96 Å². The molecule has 148 valence electrons. The van der Waals surface area contributed by atoms with Crippen LogP contribution in [-0.4, -0.2) is 47.3 Å². The number of likely N-dealkylation sites (tertiary alicyclic amines) is 1. The van der Waals surface area contributed by atoms with Crippen molar-refractivity contribution in [3.05, 3.63) is 52.8 Å². The highest BCUT2D eigenvalue weighted by Crippen LogP contribution is 2.27. The molecule has 1 N–H and O–H groups in total. The molecule has 0 aliphatic carbocycles. The van der Waals surface area contributed by atoms with Crippen LogP contribution in [0.15, 0.2) is 41.7 Å². The Hall–Kier alpha value is -1.28. The van der Waals surface area contributed by atoms with E-state index < -0.39 is 0 Å². The van der Waals surface area contributed by atoms with E-state index in [-0.39, 0.29) is 29.4 Å². The van der Waals surface area contributed by atoms with Crippen molar-refractivity contribution in [3.8, 4) is 0 Å². The van der Waals surface area contributed by atoms with Gasteiger partial charge in [0, 0.05) is 56.3 Å². The van der Waals surface area contributed by atoms with E-state index in [1.165, 1.54) is 11.1 Å². The third kappa shape index (κ3) is 5.38. The molecule has 1 aliphatic rings. The lowest BCUT2D eigenvalue weighted by Crippen LogP contribution is -2.45. The smallest absolute Gasteiger partial charge is 0.193 e. The molecule has 5 nitrogen and oxygen atoms in total. The van der Waals surface area contributed by atoms with Crippen LogP contribution in [0.1, 0.15) is 37.3 Å². The summed E-state index contributed by atoms with van der Waals surface area (Å²) in [4.78, 5) is 6.85. The van der Waals surface area contributed by atoms with E-state index in [0.717, 1.165) is 37.0 Å². The Morgan fingerprint density at radius 3 is 2.63 bits per heavy atom. The minimum atomic E-state index is -0.0109. The molecule has 2 aromatic rings. The van der Waals surface area contributed by atoms with Gasteiger partial charge in [0.1, 0.15) is 0 Å². The molecule has 0 radical (unpaired) electrons. The van der Waals surface area contributed by atoms with E-state index in [1.807, 2.05) is 37.1 Å². The number of hydrogen-bond acceptors (Lipinski definition) is 2. The second-order valence-corrected chi connectivity index (χ2v) is 8.11. The molecule has 1 fully saturated rings. The average Bonchev–Trinajstić information content (AvgIpc) is 3.25. The number of rotatable bonds is 4. The fourth-order valence-electron chi connectivity index (χ4n) is 3.51. The van der Waals surface area contributed by atoms with Crippen LogP contribution < -0.4 is 5.32 Å². The monoisotopic (exact) mass is 501 g/mol. The fraction of sp³-hybridized carbons (Fsp3) is 0.500. The summed E-state index contributed by atoms with van der Waals surface area (Å²) in [7, 11) is 3.82. The van der Waals surface area contributed by atoms with Gasteiger partial charge in [0.2, 0.25) is 0 Å². The number of aromatic nitrogens is 2. The van der Waals surface area contributed by atoms with Crippen LogP contribution in [0, 0.1) is 0 Å². The predicted octanol–water partition coefficient (Wildman–Crippen LogP) is 4.03. The molecule has 7 heteroatoms. The quantitative estimate of drug-likeness (QED) is 0.391. The molecule has 2 heterocycles. The van der Waals surface area contributed by atoms with Gasteiger partial charge >= 0.3 is 0 Å². The first-order valence-electron chi connectivity index (χ1n) is 9.09. The number of guanidine groups is 1. The zero-order valence-corrected chi connectivity index (χ0v) is 19.5. The van der Waals surface area contributed by atoms with Gasteiger partial charge in [-0.15, -0.1) is 24.0 Å². The predicted molar refractivity (Wildman–Crippen MR) is 123 cm³/mol.